The van der Waals surface area contributed by atoms with Gasteiger partial charge in [0.25, 0.3) is 0 Å². The van der Waals surface area contributed by atoms with Crippen LogP contribution in [0.4, 0.5) is 0 Å². The van der Waals surface area contributed by atoms with Gasteiger partial charge in [-0.25, -0.2) is 0 Å². The third-order valence-corrected chi connectivity index (χ3v) is 3.11. The summed E-state index contributed by atoms with van der Waals surface area (Å²) >= 11 is 0. The predicted octanol–water partition coefficient (Wildman–Crippen LogP) is 3.12. The van der Waals surface area contributed by atoms with E-state index in [1.54, 1.807) is 0 Å². The minimum Gasteiger partial charge on any atom is -0.396 e. The van der Waals surface area contributed by atoms with E-state index < -0.39 is 0 Å². The molecule has 0 heterocycles. The van der Waals surface area contributed by atoms with Crippen molar-refractivity contribution < 1.29 is 10.2 Å². The number of hydrogen-bond donors (Lipinski definition) is 2. The summed E-state index contributed by atoms with van der Waals surface area (Å²) in [6.07, 6.45) is 10.9. The zero-order chi connectivity index (χ0) is 11.4. The molecule has 2 heteroatoms. The second kappa shape index (κ2) is 12.0. The van der Waals surface area contributed by atoms with Crippen LogP contribution in [0.1, 0.15) is 64.7 Å². The molecule has 15 heavy (non-hydrogen) atoms. The molecule has 0 saturated carbocycles. The first-order chi connectivity index (χ1) is 7.35. The molecule has 2 N–H and O–H groups in total. The van der Waals surface area contributed by atoms with Crippen molar-refractivity contribution in [2.75, 3.05) is 13.2 Å². The fraction of sp³-hybridized carbons (Fsp3) is 1.00. The van der Waals surface area contributed by atoms with Gasteiger partial charge in [0.05, 0.1) is 0 Å². The van der Waals surface area contributed by atoms with Crippen LogP contribution in [0, 0.1) is 5.92 Å². The monoisotopic (exact) mass is 216 g/mol. The van der Waals surface area contributed by atoms with E-state index in [0.29, 0.717) is 19.1 Å². The Morgan fingerprint density at radius 2 is 1.33 bits per heavy atom. The number of rotatable bonds is 11. The van der Waals surface area contributed by atoms with E-state index in [4.69, 9.17) is 10.2 Å². The number of hydrogen-bond acceptors (Lipinski definition) is 2. The van der Waals surface area contributed by atoms with Gasteiger partial charge in [-0.15, -0.1) is 0 Å². The maximum Gasteiger partial charge on any atom is 0.0459 e. The highest BCUT2D eigenvalue weighted by atomic mass is 16.3. The maximum atomic E-state index is 9.00. The maximum absolute atomic E-state index is 9.00. The fourth-order valence-electron chi connectivity index (χ4n) is 1.85. The first-order valence-corrected chi connectivity index (χ1v) is 6.56. The number of unbranched alkanes of at least 4 members (excludes halogenated alkanes) is 6. The van der Waals surface area contributed by atoms with E-state index in [0.717, 1.165) is 12.8 Å². The minimum absolute atomic E-state index is 0.342. The molecule has 0 saturated heterocycles. The van der Waals surface area contributed by atoms with E-state index in [1.165, 1.54) is 44.9 Å². The van der Waals surface area contributed by atoms with Crippen LogP contribution in [0.2, 0.25) is 0 Å². The summed E-state index contributed by atoms with van der Waals surface area (Å²) in [5, 5.41) is 17.6. The molecule has 0 aromatic carbocycles. The molecule has 0 aliphatic carbocycles. The lowest BCUT2D eigenvalue weighted by Crippen LogP contribution is -2.03. The Balaban J connectivity index is 3.04. The molecule has 0 aromatic rings. The van der Waals surface area contributed by atoms with Crippen LogP contribution in [0.15, 0.2) is 0 Å². The average Bonchev–Trinajstić information content (AvgIpc) is 2.27. The lowest BCUT2D eigenvalue weighted by Gasteiger charge is -2.10. The predicted molar refractivity (Wildman–Crippen MR) is 64.9 cm³/mol. The van der Waals surface area contributed by atoms with Gasteiger partial charge in [-0.2, -0.15) is 0 Å². The van der Waals surface area contributed by atoms with Crippen molar-refractivity contribution >= 4 is 0 Å². The Morgan fingerprint density at radius 1 is 0.800 bits per heavy atom. The topological polar surface area (TPSA) is 40.5 Å². The molecule has 0 aliphatic heterocycles. The summed E-state index contributed by atoms with van der Waals surface area (Å²) in [5.74, 6) is 0.527. The molecule has 0 spiro atoms. The highest BCUT2D eigenvalue weighted by Crippen LogP contribution is 2.14. The van der Waals surface area contributed by atoms with Gasteiger partial charge in [-0.05, 0) is 18.8 Å². The Kier molecular flexibility index (Phi) is 11.9. The van der Waals surface area contributed by atoms with Crippen LogP contribution in [0.25, 0.3) is 0 Å². The van der Waals surface area contributed by atoms with Crippen LogP contribution in [0.5, 0.6) is 0 Å². The normalized spacial score (nSPS) is 13.0. The molecule has 0 bridgehead atoms. The van der Waals surface area contributed by atoms with Gasteiger partial charge in [-0.1, -0.05) is 51.9 Å². The quantitative estimate of drug-likeness (QED) is 0.521. The number of aliphatic hydroxyl groups excluding tert-OH is 2. The number of aliphatic hydroxyl groups is 2. The minimum atomic E-state index is 0.342. The molecular weight excluding hydrogens is 188 g/mol. The standard InChI is InChI=1S/C13H28O2/c1-2-13(12-15)10-8-6-4-3-5-7-9-11-14/h13-15H,2-12H2,1H3. The van der Waals surface area contributed by atoms with E-state index in [9.17, 15) is 0 Å². The highest BCUT2D eigenvalue weighted by Gasteiger charge is 2.03. The van der Waals surface area contributed by atoms with Gasteiger partial charge in [0.1, 0.15) is 0 Å². The van der Waals surface area contributed by atoms with Crippen molar-refractivity contribution in [1.82, 2.24) is 0 Å². The smallest absolute Gasteiger partial charge is 0.0459 e. The van der Waals surface area contributed by atoms with Gasteiger partial charge in [0.2, 0.25) is 0 Å². The van der Waals surface area contributed by atoms with E-state index in [2.05, 4.69) is 6.92 Å². The van der Waals surface area contributed by atoms with Crippen LogP contribution in [0.3, 0.4) is 0 Å². The van der Waals surface area contributed by atoms with Crippen molar-refractivity contribution in [3.63, 3.8) is 0 Å². The summed E-state index contributed by atoms with van der Waals surface area (Å²) in [6, 6.07) is 0. The van der Waals surface area contributed by atoms with E-state index in [1.807, 2.05) is 0 Å². The zero-order valence-corrected chi connectivity index (χ0v) is 10.2. The third-order valence-electron chi connectivity index (χ3n) is 3.11. The lowest BCUT2D eigenvalue weighted by atomic mass is 9.99. The molecule has 1 unspecified atom stereocenters. The van der Waals surface area contributed by atoms with E-state index in [-0.39, 0.29) is 0 Å². The SMILES string of the molecule is CCC(CO)CCCCCCCCCO. The average molecular weight is 216 g/mol. The molecule has 0 amide bonds. The Hall–Kier alpha value is -0.0800. The van der Waals surface area contributed by atoms with Crippen LogP contribution in [-0.4, -0.2) is 23.4 Å². The lowest BCUT2D eigenvalue weighted by molar-refractivity contribution is 0.211. The molecular formula is C13H28O2. The molecule has 0 fully saturated rings. The Morgan fingerprint density at radius 3 is 1.80 bits per heavy atom. The van der Waals surface area contributed by atoms with Crippen molar-refractivity contribution in [1.29, 1.82) is 0 Å². The molecule has 92 valence electrons. The Bertz CT molecular complexity index is 111. The second-order valence-electron chi connectivity index (χ2n) is 4.44. The molecule has 0 radical (unpaired) electrons. The van der Waals surface area contributed by atoms with Crippen LogP contribution in [-0.2, 0) is 0 Å². The second-order valence-corrected chi connectivity index (χ2v) is 4.44. The van der Waals surface area contributed by atoms with Crippen molar-refractivity contribution in [3.05, 3.63) is 0 Å². The first-order valence-electron chi connectivity index (χ1n) is 6.56. The summed E-state index contributed by atoms with van der Waals surface area (Å²) < 4.78 is 0. The fourth-order valence-corrected chi connectivity index (χ4v) is 1.85. The van der Waals surface area contributed by atoms with E-state index >= 15 is 0 Å². The van der Waals surface area contributed by atoms with Gasteiger partial charge < -0.3 is 10.2 Å². The first kappa shape index (κ1) is 14.9. The van der Waals surface area contributed by atoms with Gasteiger partial charge in [-0.3, -0.25) is 0 Å². The summed E-state index contributed by atoms with van der Waals surface area (Å²) in [7, 11) is 0. The van der Waals surface area contributed by atoms with Gasteiger partial charge in [0.15, 0.2) is 0 Å². The van der Waals surface area contributed by atoms with Crippen molar-refractivity contribution in [3.8, 4) is 0 Å². The van der Waals surface area contributed by atoms with Crippen molar-refractivity contribution in [2.45, 2.75) is 64.7 Å². The van der Waals surface area contributed by atoms with Crippen LogP contribution < -0.4 is 0 Å². The van der Waals surface area contributed by atoms with Crippen LogP contribution >= 0.6 is 0 Å². The molecule has 1 atom stereocenters. The molecule has 0 aromatic heterocycles. The van der Waals surface area contributed by atoms with Crippen molar-refractivity contribution in [2.24, 2.45) is 5.92 Å². The third kappa shape index (κ3) is 10.2. The zero-order valence-electron chi connectivity index (χ0n) is 10.2. The summed E-state index contributed by atoms with van der Waals surface area (Å²) in [6.45, 7) is 2.84. The Labute approximate surface area is 94.7 Å². The van der Waals surface area contributed by atoms with Gasteiger partial charge in [0, 0.05) is 13.2 Å². The largest absolute Gasteiger partial charge is 0.396 e. The highest BCUT2D eigenvalue weighted by molar-refractivity contribution is 4.55. The summed E-state index contributed by atoms with van der Waals surface area (Å²) in [4.78, 5) is 0. The molecule has 0 rings (SSSR count). The molecule has 0 aliphatic rings. The molecule has 2 nitrogen and oxygen atoms in total. The van der Waals surface area contributed by atoms with Gasteiger partial charge >= 0.3 is 0 Å². The summed E-state index contributed by atoms with van der Waals surface area (Å²) in [5.41, 5.74) is 0.